The predicted molar refractivity (Wildman–Crippen MR) is 99.0 cm³/mol. The molecule has 4 nitrogen and oxygen atoms in total. The van der Waals surface area contributed by atoms with E-state index in [9.17, 15) is 4.39 Å². The number of ether oxygens (including phenoxy) is 1. The molecule has 1 aromatic heterocycles. The summed E-state index contributed by atoms with van der Waals surface area (Å²) in [6.07, 6.45) is 1.92. The second-order valence-electron chi connectivity index (χ2n) is 6.39. The van der Waals surface area contributed by atoms with Crippen molar-refractivity contribution in [2.45, 2.75) is 37.6 Å². The average Bonchev–Trinajstić information content (AvgIpc) is 2.85. The van der Waals surface area contributed by atoms with Gasteiger partial charge in [-0.2, -0.15) is 0 Å². The van der Waals surface area contributed by atoms with Crippen LogP contribution >= 0.6 is 27.7 Å². The second kappa shape index (κ2) is 7.91. The molecular weight excluding hydrogens is 397 g/mol. The van der Waals surface area contributed by atoms with Crippen LogP contribution in [0.4, 0.5) is 4.39 Å². The van der Waals surface area contributed by atoms with Crippen LogP contribution < -0.4 is 0 Å². The Morgan fingerprint density at radius 3 is 2.70 bits per heavy atom. The summed E-state index contributed by atoms with van der Waals surface area (Å²) in [5, 5.41) is 5.11. The fraction of sp³-hybridized carbons (Fsp3) is 0.467. The van der Waals surface area contributed by atoms with E-state index in [1.165, 1.54) is 17.8 Å². The van der Waals surface area contributed by atoms with Gasteiger partial charge in [0.05, 0.1) is 5.56 Å². The van der Waals surface area contributed by atoms with E-state index in [1.54, 1.807) is 16.8 Å². The molecule has 0 N–H and O–H groups in total. The molecular formula is C15H21BrFN3OSSi. The maximum absolute atomic E-state index is 14.1. The molecule has 0 saturated carbocycles. The lowest BCUT2D eigenvalue weighted by Gasteiger charge is -2.15. The Labute approximate surface area is 150 Å². The molecule has 0 spiro atoms. The Kier molecular flexibility index (Phi) is 6.41. The van der Waals surface area contributed by atoms with Gasteiger partial charge in [-0.1, -0.05) is 47.3 Å². The SMILES string of the molecule is CSc1nc(-c2ccc(Br)cc2F)nn1COCC[Si](C)(C)C. The van der Waals surface area contributed by atoms with Gasteiger partial charge in [-0.15, -0.1) is 5.10 Å². The molecule has 0 unspecified atom stereocenters. The van der Waals surface area contributed by atoms with Crippen LogP contribution in [0.5, 0.6) is 0 Å². The van der Waals surface area contributed by atoms with Crippen molar-refractivity contribution in [1.29, 1.82) is 0 Å². The molecule has 0 saturated heterocycles. The number of aromatic nitrogens is 3. The zero-order chi connectivity index (χ0) is 17.0. The Bertz CT molecular complexity index is 675. The smallest absolute Gasteiger partial charge is 0.188 e. The lowest BCUT2D eigenvalue weighted by Crippen LogP contribution is -2.22. The Morgan fingerprint density at radius 2 is 2.09 bits per heavy atom. The minimum absolute atomic E-state index is 0.339. The Morgan fingerprint density at radius 1 is 1.35 bits per heavy atom. The lowest BCUT2D eigenvalue weighted by molar-refractivity contribution is 0.0720. The van der Waals surface area contributed by atoms with Crippen molar-refractivity contribution in [1.82, 2.24) is 14.8 Å². The molecule has 0 bridgehead atoms. The minimum atomic E-state index is -1.11. The van der Waals surface area contributed by atoms with Crippen molar-refractivity contribution in [2.24, 2.45) is 0 Å². The van der Waals surface area contributed by atoms with Crippen molar-refractivity contribution in [3.63, 3.8) is 0 Å². The molecule has 1 aromatic carbocycles. The minimum Gasteiger partial charge on any atom is -0.359 e. The van der Waals surface area contributed by atoms with Crippen molar-refractivity contribution in [2.75, 3.05) is 12.9 Å². The number of hydrogen-bond donors (Lipinski definition) is 0. The highest BCUT2D eigenvalue weighted by atomic mass is 79.9. The summed E-state index contributed by atoms with van der Waals surface area (Å²) in [6, 6.07) is 5.97. The van der Waals surface area contributed by atoms with E-state index in [0.717, 1.165) is 11.2 Å². The van der Waals surface area contributed by atoms with Crippen LogP contribution in [0.3, 0.4) is 0 Å². The summed E-state index contributed by atoms with van der Waals surface area (Å²) < 4.78 is 22.2. The van der Waals surface area contributed by atoms with Crippen LogP contribution in [0.2, 0.25) is 25.7 Å². The van der Waals surface area contributed by atoms with Gasteiger partial charge in [0.2, 0.25) is 0 Å². The fourth-order valence-electron chi connectivity index (χ4n) is 1.88. The van der Waals surface area contributed by atoms with Crippen molar-refractivity contribution in [3.05, 3.63) is 28.5 Å². The summed E-state index contributed by atoms with van der Waals surface area (Å²) in [5.41, 5.74) is 0.393. The maximum atomic E-state index is 14.1. The van der Waals surface area contributed by atoms with Crippen molar-refractivity contribution < 1.29 is 9.13 Å². The Balaban J connectivity index is 2.11. The Hall–Kier alpha value is -0.703. The lowest BCUT2D eigenvalue weighted by atomic mass is 10.2. The summed E-state index contributed by atoms with van der Waals surface area (Å²) in [5.74, 6) is 0.0389. The van der Waals surface area contributed by atoms with E-state index >= 15 is 0 Å². The fourth-order valence-corrected chi connectivity index (χ4v) is 3.45. The normalized spacial score (nSPS) is 11.9. The quantitative estimate of drug-likeness (QED) is 0.365. The van der Waals surface area contributed by atoms with E-state index in [-0.39, 0.29) is 5.82 Å². The molecule has 0 fully saturated rings. The van der Waals surface area contributed by atoms with Crippen molar-refractivity contribution in [3.8, 4) is 11.4 Å². The monoisotopic (exact) mass is 417 g/mol. The second-order valence-corrected chi connectivity index (χ2v) is 13.7. The summed E-state index contributed by atoms with van der Waals surface area (Å²) in [6.45, 7) is 7.99. The standard InChI is InChI=1S/C15H21BrFN3OSSi/c1-22-15-18-14(12-6-5-11(16)9-13(12)17)19-20(15)10-21-7-8-23(2,3)4/h5-6,9H,7-8,10H2,1-4H3. The van der Waals surface area contributed by atoms with Gasteiger partial charge in [0.15, 0.2) is 11.0 Å². The van der Waals surface area contributed by atoms with E-state index in [0.29, 0.717) is 29.2 Å². The highest BCUT2D eigenvalue weighted by Crippen LogP contribution is 2.25. The van der Waals surface area contributed by atoms with Gasteiger partial charge in [-0.3, -0.25) is 0 Å². The molecule has 1 heterocycles. The number of rotatable bonds is 7. The average molecular weight is 418 g/mol. The van der Waals surface area contributed by atoms with Gasteiger partial charge in [0.1, 0.15) is 12.5 Å². The molecule has 0 aliphatic rings. The number of halogens is 2. The highest BCUT2D eigenvalue weighted by Gasteiger charge is 2.16. The van der Waals surface area contributed by atoms with Crippen LogP contribution in [0.25, 0.3) is 11.4 Å². The van der Waals surface area contributed by atoms with E-state index in [2.05, 4.69) is 45.7 Å². The number of benzene rings is 1. The molecule has 23 heavy (non-hydrogen) atoms. The third kappa shape index (κ3) is 5.41. The third-order valence-corrected chi connectivity index (χ3v) is 6.07. The first-order valence-corrected chi connectivity index (χ1v) is 13.0. The topological polar surface area (TPSA) is 39.9 Å². The molecule has 2 aromatic rings. The summed E-state index contributed by atoms with van der Waals surface area (Å²) in [7, 11) is -1.11. The van der Waals surface area contributed by atoms with Crippen LogP contribution in [-0.4, -0.2) is 35.7 Å². The van der Waals surface area contributed by atoms with Gasteiger partial charge < -0.3 is 4.74 Å². The molecule has 126 valence electrons. The molecule has 0 aliphatic heterocycles. The molecule has 0 atom stereocenters. The zero-order valence-electron chi connectivity index (χ0n) is 13.8. The molecule has 2 rings (SSSR count). The summed E-state index contributed by atoms with van der Waals surface area (Å²) in [4.78, 5) is 4.41. The first kappa shape index (κ1) is 18.6. The van der Waals surface area contributed by atoms with Crippen LogP contribution in [0, 0.1) is 5.82 Å². The molecule has 0 amide bonds. The van der Waals surface area contributed by atoms with E-state index in [4.69, 9.17) is 4.74 Å². The molecule has 0 radical (unpaired) electrons. The zero-order valence-corrected chi connectivity index (χ0v) is 17.2. The van der Waals surface area contributed by atoms with E-state index in [1.807, 2.05) is 6.26 Å². The molecule has 8 heteroatoms. The van der Waals surface area contributed by atoms with Crippen molar-refractivity contribution >= 4 is 35.8 Å². The van der Waals surface area contributed by atoms with Crippen LogP contribution in [0.15, 0.2) is 27.8 Å². The highest BCUT2D eigenvalue weighted by molar-refractivity contribution is 9.10. The molecule has 0 aliphatic carbocycles. The largest absolute Gasteiger partial charge is 0.359 e. The van der Waals surface area contributed by atoms with Crippen LogP contribution in [0.1, 0.15) is 0 Å². The third-order valence-electron chi connectivity index (χ3n) is 3.20. The van der Waals surface area contributed by atoms with Gasteiger partial charge >= 0.3 is 0 Å². The van der Waals surface area contributed by atoms with Gasteiger partial charge in [-0.05, 0) is 30.5 Å². The summed E-state index contributed by atoms with van der Waals surface area (Å²) >= 11 is 4.72. The first-order chi connectivity index (χ1) is 10.8. The van der Waals surface area contributed by atoms with E-state index < -0.39 is 8.07 Å². The predicted octanol–water partition coefficient (Wildman–Crippen LogP) is 4.88. The maximum Gasteiger partial charge on any atom is 0.188 e. The first-order valence-electron chi connectivity index (χ1n) is 7.32. The number of thioether (sulfide) groups is 1. The number of nitrogens with zero attached hydrogens (tertiary/aromatic N) is 3. The van der Waals surface area contributed by atoms with Gasteiger partial charge in [0.25, 0.3) is 0 Å². The van der Waals surface area contributed by atoms with Gasteiger partial charge in [0, 0.05) is 19.2 Å². The van der Waals surface area contributed by atoms with Gasteiger partial charge in [-0.25, -0.2) is 14.1 Å². The van der Waals surface area contributed by atoms with Crippen LogP contribution in [-0.2, 0) is 11.5 Å². The number of hydrogen-bond acceptors (Lipinski definition) is 4.